The predicted molar refractivity (Wildman–Crippen MR) is 90.0 cm³/mol. The zero-order chi connectivity index (χ0) is 14.8. The molecule has 0 saturated carbocycles. The summed E-state index contributed by atoms with van der Waals surface area (Å²) in [6.07, 6.45) is 2.88. The molecule has 0 spiro atoms. The van der Waals surface area contributed by atoms with E-state index in [9.17, 15) is 0 Å². The van der Waals surface area contributed by atoms with Gasteiger partial charge < -0.3 is 10.5 Å². The van der Waals surface area contributed by atoms with Crippen LogP contribution in [0.5, 0.6) is 5.75 Å². The first kappa shape index (κ1) is 14.9. The third kappa shape index (κ3) is 3.42. The summed E-state index contributed by atoms with van der Waals surface area (Å²) in [6.45, 7) is 0.802. The second-order valence-corrected chi connectivity index (χ2v) is 6.64. The van der Waals surface area contributed by atoms with Crippen LogP contribution in [0.2, 0.25) is 5.02 Å². The van der Waals surface area contributed by atoms with Gasteiger partial charge in [-0.1, -0.05) is 45.7 Å². The van der Waals surface area contributed by atoms with Crippen molar-refractivity contribution in [3.8, 4) is 5.75 Å². The van der Waals surface area contributed by atoms with Crippen molar-refractivity contribution in [1.82, 2.24) is 0 Å². The Morgan fingerprint density at radius 3 is 2.90 bits per heavy atom. The molecule has 0 bridgehead atoms. The zero-order valence-electron chi connectivity index (χ0n) is 11.6. The fourth-order valence-corrected chi connectivity index (χ4v) is 3.65. The number of fused-ring (bicyclic) bond motifs is 1. The van der Waals surface area contributed by atoms with E-state index in [-0.39, 0.29) is 6.04 Å². The molecule has 3 rings (SSSR count). The second-order valence-electron chi connectivity index (χ2n) is 5.35. The largest absolute Gasteiger partial charge is 0.493 e. The van der Waals surface area contributed by atoms with E-state index < -0.39 is 0 Å². The topological polar surface area (TPSA) is 35.2 Å². The molecule has 0 radical (unpaired) electrons. The van der Waals surface area contributed by atoms with Crippen LogP contribution < -0.4 is 10.5 Å². The Kier molecular flexibility index (Phi) is 4.53. The van der Waals surface area contributed by atoms with E-state index in [1.807, 2.05) is 18.2 Å². The summed E-state index contributed by atoms with van der Waals surface area (Å²) in [6, 6.07) is 12.2. The van der Waals surface area contributed by atoms with Gasteiger partial charge in [-0.05, 0) is 47.7 Å². The molecule has 0 aliphatic carbocycles. The number of halogens is 2. The van der Waals surface area contributed by atoms with Gasteiger partial charge in [-0.25, -0.2) is 0 Å². The lowest BCUT2D eigenvalue weighted by Crippen LogP contribution is -2.12. The molecule has 110 valence electrons. The molecule has 21 heavy (non-hydrogen) atoms. The van der Waals surface area contributed by atoms with E-state index in [1.165, 1.54) is 11.1 Å². The van der Waals surface area contributed by atoms with E-state index in [4.69, 9.17) is 22.1 Å². The SMILES string of the molecule is NC(CCc1ccc2c(c1)CCO2)c1ccc(Cl)cc1Br. The fourth-order valence-electron chi connectivity index (χ4n) is 2.68. The number of hydrogen-bond acceptors (Lipinski definition) is 2. The van der Waals surface area contributed by atoms with Crippen molar-refractivity contribution in [3.63, 3.8) is 0 Å². The first-order chi connectivity index (χ1) is 10.1. The first-order valence-corrected chi connectivity index (χ1v) is 8.26. The van der Waals surface area contributed by atoms with Crippen molar-refractivity contribution in [2.75, 3.05) is 6.61 Å². The van der Waals surface area contributed by atoms with Crippen LogP contribution in [0.1, 0.15) is 29.2 Å². The van der Waals surface area contributed by atoms with Gasteiger partial charge >= 0.3 is 0 Å². The number of benzene rings is 2. The second kappa shape index (κ2) is 6.39. The number of aryl methyl sites for hydroxylation is 1. The summed E-state index contributed by atoms with van der Waals surface area (Å²) in [4.78, 5) is 0. The van der Waals surface area contributed by atoms with Gasteiger partial charge in [0.05, 0.1) is 6.61 Å². The lowest BCUT2D eigenvalue weighted by atomic mass is 9.98. The minimum atomic E-state index is 0.00106. The van der Waals surface area contributed by atoms with Gasteiger partial charge in [0.15, 0.2) is 0 Å². The smallest absolute Gasteiger partial charge is 0.122 e. The normalized spacial score (nSPS) is 14.6. The fraction of sp³-hybridized carbons (Fsp3) is 0.294. The summed E-state index contributed by atoms with van der Waals surface area (Å²) in [5, 5.41) is 0.719. The van der Waals surface area contributed by atoms with Crippen molar-refractivity contribution in [3.05, 3.63) is 62.6 Å². The van der Waals surface area contributed by atoms with Crippen molar-refractivity contribution in [1.29, 1.82) is 0 Å². The van der Waals surface area contributed by atoms with Crippen molar-refractivity contribution >= 4 is 27.5 Å². The highest BCUT2D eigenvalue weighted by Gasteiger charge is 2.14. The predicted octanol–water partition coefficient (Wildman–Crippen LogP) is 4.67. The molecule has 4 heteroatoms. The molecule has 0 saturated heterocycles. The van der Waals surface area contributed by atoms with Crippen LogP contribution in [-0.4, -0.2) is 6.61 Å². The van der Waals surface area contributed by atoms with Gasteiger partial charge in [0, 0.05) is 22.0 Å². The van der Waals surface area contributed by atoms with Crippen LogP contribution in [0.15, 0.2) is 40.9 Å². The van der Waals surface area contributed by atoms with Crippen LogP contribution in [0, 0.1) is 0 Å². The number of hydrogen-bond donors (Lipinski definition) is 1. The van der Waals surface area contributed by atoms with Crippen LogP contribution in [0.3, 0.4) is 0 Å². The van der Waals surface area contributed by atoms with E-state index >= 15 is 0 Å². The van der Waals surface area contributed by atoms with Crippen LogP contribution in [0.25, 0.3) is 0 Å². The van der Waals surface area contributed by atoms with Gasteiger partial charge in [-0.15, -0.1) is 0 Å². The summed E-state index contributed by atoms with van der Waals surface area (Å²) in [5.74, 6) is 1.03. The average Bonchev–Trinajstić information content (AvgIpc) is 2.92. The molecule has 1 aliphatic rings. The minimum absolute atomic E-state index is 0.00106. The molecule has 1 unspecified atom stereocenters. The molecular weight excluding hydrogens is 350 g/mol. The van der Waals surface area contributed by atoms with Gasteiger partial charge in [-0.3, -0.25) is 0 Å². The highest BCUT2D eigenvalue weighted by atomic mass is 79.9. The average molecular weight is 367 g/mol. The highest BCUT2D eigenvalue weighted by molar-refractivity contribution is 9.10. The number of nitrogens with two attached hydrogens (primary N) is 1. The van der Waals surface area contributed by atoms with Crippen LogP contribution in [0.4, 0.5) is 0 Å². The maximum Gasteiger partial charge on any atom is 0.122 e. The Hall–Kier alpha value is -1.03. The van der Waals surface area contributed by atoms with Gasteiger partial charge in [0.25, 0.3) is 0 Å². The Morgan fingerprint density at radius 1 is 1.24 bits per heavy atom. The molecular formula is C17H17BrClNO. The molecule has 2 aromatic rings. The molecule has 0 amide bonds. The van der Waals surface area contributed by atoms with Gasteiger partial charge in [0.1, 0.15) is 5.75 Å². The Bertz CT molecular complexity index is 659. The summed E-state index contributed by atoms with van der Waals surface area (Å²) in [5.41, 5.74) is 10.0. The van der Waals surface area contributed by atoms with Crippen LogP contribution >= 0.6 is 27.5 Å². The highest BCUT2D eigenvalue weighted by Crippen LogP contribution is 2.29. The van der Waals surface area contributed by atoms with Crippen LogP contribution in [-0.2, 0) is 12.8 Å². The summed E-state index contributed by atoms with van der Waals surface area (Å²) < 4.78 is 6.51. The Balaban J connectivity index is 1.67. The molecule has 1 aliphatic heterocycles. The van der Waals surface area contributed by atoms with Gasteiger partial charge in [0.2, 0.25) is 0 Å². The maximum atomic E-state index is 6.31. The minimum Gasteiger partial charge on any atom is -0.493 e. The summed E-state index contributed by atoms with van der Waals surface area (Å²) >= 11 is 9.50. The van der Waals surface area contributed by atoms with E-state index in [0.717, 1.165) is 46.7 Å². The summed E-state index contributed by atoms with van der Waals surface area (Å²) in [7, 11) is 0. The monoisotopic (exact) mass is 365 g/mol. The molecule has 1 atom stereocenters. The van der Waals surface area contributed by atoms with E-state index in [1.54, 1.807) is 0 Å². The lowest BCUT2D eigenvalue weighted by Gasteiger charge is -2.14. The number of ether oxygens (including phenoxy) is 1. The standard InChI is InChI=1S/C17H17BrClNO/c18-15-10-13(19)3-4-14(15)16(20)5-1-11-2-6-17-12(9-11)7-8-21-17/h2-4,6,9-10,16H,1,5,7-8,20H2. The zero-order valence-corrected chi connectivity index (χ0v) is 14.0. The molecule has 0 aromatic heterocycles. The van der Waals surface area contributed by atoms with Crippen molar-refractivity contribution in [2.24, 2.45) is 5.73 Å². The third-order valence-electron chi connectivity index (χ3n) is 3.86. The van der Waals surface area contributed by atoms with Crippen molar-refractivity contribution in [2.45, 2.75) is 25.3 Å². The lowest BCUT2D eigenvalue weighted by molar-refractivity contribution is 0.357. The maximum absolute atomic E-state index is 6.31. The third-order valence-corrected chi connectivity index (χ3v) is 4.78. The molecule has 1 heterocycles. The van der Waals surface area contributed by atoms with E-state index in [0.29, 0.717) is 0 Å². The molecule has 2 aromatic carbocycles. The molecule has 2 N–H and O–H groups in total. The van der Waals surface area contributed by atoms with E-state index in [2.05, 4.69) is 34.1 Å². The van der Waals surface area contributed by atoms with Gasteiger partial charge in [-0.2, -0.15) is 0 Å². The Labute approximate surface area is 138 Å². The molecule has 2 nitrogen and oxygen atoms in total. The molecule has 0 fully saturated rings. The first-order valence-electron chi connectivity index (χ1n) is 7.08. The van der Waals surface area contributed by atoms with Crippen molar-refractivity contribution < 1.29 is 4.74 Å². The number of rotatable bonds is 4. The quantitative estimate of drug-likeness (QED) is 0.853. The Morgan fingerprint density at radius 2 is 2.10 bits per heavy atom.